The summed E-state index contributed by atoms with van der Waals surface area (Å²) in [6.45, 7) is 3.45. The quantitative estimate of drug-likeness (QED) is 0.369. The van der Waals surface area contributed by atoms with E-state index in [0.29, 0.717) is 0 Å². The van der Waals surface area contributed by atoms with Gasteiger partial charge < -0.3 is 0 Å². The molecule has 0 amide bonds. The zero-order valence-corrected chi connectivity index (χ0v) is 5.01. The van der Waals surface area contributed by atoms with Crippen LogP contribution in [0.5, 0.6) is 0 Å². The van der Waals surface area contributed by atoms with Crippen LogP contribution in [-0.2, 0) is 0 Å². The molecule has 0 aliphatic carbocycles. The van der Waals surface area contributed by atoms with E-state index in [4.69, 9.17) is 0 Å². The minimum Gasteiger partial charge on any atom is -0.284 e. The number of rotatable bonds is 2. The molecule has 0 spiro atoms. The molecule has 1 nitrogen and oxygen atoms in total. The van der Waals surface area contributed by atoms with Crippen molar-refractivity contribution in [3.8, 4) is 0 Å². The molecule has 0 saturated heterocycles. The van der Waals surface area contributed by atoms with E-state index in [2.05, 4.69) is 11.3 Å². The molecule has 0 aromatic rings. The van der Waals surface area contributed by atoms with Crippen LogP contribution in [0.1, 0.15) is 0 Å². The summed E-state index contributed by atoms with van der Waals surface area (Å²) >= 11 is 0. The van der Waals surface area contributed by atoms with Gasteiger partial charge in [-0.1, -0.05) is 21.7 Å². The minimum atomic E-state index is 1.56. The first-order valence-electron chi connectivity index (χ1n) is 1.65. The van der Waals surface area contributed by atoms with E-state index in [-0.39, 0.29) is 0 Å². The zero-order valence-electron chi connectivity index (χ0n) is 3.59. The van der Waals surface area contributed by atoms with Gasteiger partial charge in [0.05, 0.1) is 0 Å². The van der Waals surface area contributed by atoms with Gasteiger partial charge in [0.15, 0.2) is 0 Å². The number of hydrogen-bond acceptors (Lipinski definition) is 1. The maximum atomic E-state index is 3.70. The van der Waals surface area contributed by atoms with Gasteiger partial charge >= 0.3 is 0 Å². The first-order valence-corrected chi connectivity index (χ1v) is 2.28. The third-order valence-corrected chi connectivity index (χ3v) is 0.538. The maximum absolute atomic E-state index is 3.70. The van der Waals surface area contributed by atoms with Gasteiger partial charge in [0, 0.05) is 6.20 Å². The van der Waals surface area contributed by atoms with Crippen molar-refractivity contribution in [1.29, 1.82) is 0 Å². The standard InChI is InChI=1S/C4H8NP/c1-2-3-4-5-6/h2-4H,1H2,6H3. The molecule has 0 aliphatic heterocycles. The maximum Gasteiger partial charge on any atom is 0.0242 e. The molecule has 0 fully saturated rings. The van der Waals surface area contributed by atoms with Gasteiger partial charge in [0.25, 0.3) is 0 Å². The average molecular weight is 101 g/mol. The molecule has 0 heterocycles. The Labute approximate surface area is 39.7 Å². The highest BCUT2D eigenvalue weighted by atomic mass is 31.0. The summed E-state index contributed by atoms with van der Waals surface area (Å²) in [4.78, 5) is 0. The lowest BCUT2D eigenvalue weighted by Crippen LogP contribution is -1.36. The third kappa shape index (κ3) is 3.71. The van der Waals surface area contributed by atoms with Gasteiger partial charge in [-0.25, -0.2) is 0 Å². The SMILES string of the molecule is C=CC=CN=[PH3]. The van der Waals surface area contributed by atoms with Gasteiger partial charge in [-0.2, -0.15) is 0 Å². The second-order valence-corrected chi connectivity index (χ2v) is 1.12. The highest BCUT2D eigenvalue weighted by Crippen LogP contribution is 1.76. The fraction of sp³-hybridized carbons (Fsp3) is 0. The molecule has 0 aromatic heterocycles. The number of hydrogen-bond donors (Lipinski definition) is 0. The highest BCUT2D eigenvalue weighted by molar-refractivity contribution is 7.04. The molecule has 2 heteroatoms. The Morgan fingerprint density at radius 1 is 1.67 bits per heavy atom. The molecule has 0 N–H and O–H groups in total. The van der Waals surface area contributed by atoms with Gasteiger partial charge in [0.2, 0.25) is 0 Å². The Bertz CT molecular complexity index is 65.6. The summed E-state index contributed by atoms with van der Waals surface area (Å²) < 4.78 is 3.70. The van der Waals surface area contributed by atoms with Gasteiger partial charge in [-0.15, -0.1) is 0 Å². The Balaban J connectivity index is 3.17. The second-order valence-electron chi connectivity index (χ2n) is 0.760. The van der Waals surface area contributed by atoms with E-state index >= 15 is 0 Å². The van der Waals surface area contributed by atoms with E-state index in [0.717, 1.165) is 0 Å². The molecule has 0 aliphatic rings. The fourth-order valence-corrected chi connectivity index (χ4v) is 0.243. The second kappa shape index (κ2) is 4.71. The van der Waals surface area contributed by atoms with Crippen molar-refractivity contribution in [1.82, 2.24) is 0 Å². The van der Waals surface area contributed by atoms with Gasteiger partial charge in [-0.3, -0.25) is 4.74 Å². The van der Waals surface area contributed by atoms with Crippen LogP contribution >= 0.6 is 9.03 Å². The van der Waals surface area contributed by atoms with Crippen LogP contribution in [0.2, 0.25) is 0 Å². The van der Waals surface area contributed by atoms with Crippen molar-refractivity contribution in [3.05, 3.63) is 24.9 Å². The molecule has 0 bridgehead atoms. The molecule has 0 saturated carbocycles. The van der Waals surface area contributed by atoms with Gasteiger partial charge in [0.1, 0.15) is 0 Å². The summed E-state index contributed by atoms with van der Waals surface area (Å²) in [6, 6.07) is 0. The lowest BCUT2D eigenvalue weighted by atomic mass is 10.6. The van der Waals surface area contributed by atoms with Crippen LogP contribution in [0, 0.1) is 0 Å². The molecule has 0 radical (unpaired) electrons. The fourth-order valence-electron chi connectivity index (χ4n) is 0.122. The van der Waals surface area contributed by atoms with Crippen LogP contribution < -0.4 is 0 Å². The summed E-state index contributed by atoms with van der Waals surface area (Å²) in [5.41, 5.74) is 0. The Morgan fingerprint density at radius 2 is 2.33 bits per heavy atom. The van der Waals surface area contributed by atoms with E-state index in [9.17, 15) is 0 Å². The molecular formula is C4H8NP. The summed E-state index contributed by atoms with van der Waals surface area (Å²) in [5, 5.41) is 0. The number of nitrogens with zero attached hydrogens (tertiary/aromatic N) is 1. The van der Waals surface area contributed by atoms with Crippen molar-refractivity contribution in [3.63, 3.8) is 0 Å². The van der Waals surface area contributed by atoms with Crippen molar-refractivity contribution < 1.29 is 0 Å². The van der Waals surface area contributed by atoms with Crippen LogP contribution in [0.3, 0.4) is 0 Å². The summed E-state index contributed by atoms with van der Waals surface area (Å²) in [7, 11) is 1.56. The van der Waals surface area contributed by atoms with E-state index < -0.39 is 0 Å². The average Bonchev–Trinajstić information content (AvgIpc) is 1.61. The Hall–Kier alpha value is -0.290. The highest BCUT2D eigenvalue weighted by Gasteiger charge is 1.47. The van der Waals surface area contributed by atoms with E-state index in [1.54, 1.807) is 27.4 Å². The zero-order chi connectivity index (χ0) is 4.83. The lowest BCUT2D eigenvalue weighted by molar-refractivity contribution is 1.65. The van der Waals surface area contributed by atoms with Gasteiger partial charge in [-0.05, 0) is 6.08 Å². The lowest BCUT2D eigenvalue weighted by Gasteiger charge is -1.62. The first-order chi connectivity index (χ1) is 2.91. The van der Waals surface area contributed by atoms with E-state index in [1.165, 1.54) is 0 Å². The molecule has 6 heavy (non-hydrogen) atoms. The van der Waals surface area contributed by atoms with E-state index in [1.807, 2.05) is 0 Å². The van der Waals surface area contributed by atoms with Crippen molar-refractivity contribution in [2.45, 2.75) is 0 Å². The number of allylic oxidation sites excluding steroid dienone is 2. The molecule has 34 valence electrons. The predicted octanol–water partition coefficient (Wildman–Crippen LogP) is 1.48. The van der Waals surface area contributed by atoms with Crippen LogP contribution in [-0.4, -0.2) is 0 Å². The van der Waals surface area contributed by atoms with Crippen LogP contribution in [0.25, 0.3) is 0 Å². The van der Waals surface area contributed by atoms with Crippen molar-refractivity contribution >= 4 is 9.03 Å². The topological polar surface area (TPSA) is 12.4 Å². The summed E-state index contributed by atoms with van der Waals surface area (Å²) in [6.07, 6.45) is 5.18. The smallest absolute Gasteiger partial charge is 0.0242 e. The Kier molecular flexibility index (Phi) is 4.48. The predicted molar refractivity (Wildman–Crippen MR) is 32.9 cm³/mol. The van der Waals surface area contributed by atoms with Crippen molar-refractivity contribution in [2.24, 2.45) is 4.74 Å². The van der Waals surface area contributed by atoms with Crippen molar-refractivity contribution in [2.75, 3.05) is 0 Å². The van der Waals surface area contributed by atoms with Crippen LogP contribution in [0.4, 0.5) is 0 Å². The molecular weight excluding hydrogens is 93.0 g/mol. The largest absolute Gasteiger partial charge is 0.284 e. The molecule has 1 unspecified atom stereocenters. The first kappa shape index (κ1) is 5.71. The summed E-state index contributed by atoms with van der Waals surface area (Å²) in [5.74, 6) is 0. The normalized spacial score (nSPS) is 9.33. The molecule has 1 atom stereocenters. The Morgan fingerprint density at radius 3 is 2.50 bits per heavy atom. The molecule has 0 rings (SSSR count). The molecule has 0 aromatic carbocycles. The third-order valence-electron chi connectivity index (χ3n) is 0.328. The van der Waals surface area contributed by atoms with Crippen LogP contribution in [0.15, 0.2) is 29.7 Å². The minimum absolute atomic E-state index is 1.56. The monoisotopic (exact) mass is 101 g/mol.